The Kier molecular flexibility index (Phi) is 7.17. The summed E-state index contributed by atoms with van der Waals surface area (Å²) >= 11 is 0. The topological polar surface area (TPSA) is 47.6 Å². The van der Waals surface area contributed by atoms with Gasteiger partial charge in [0, 0.05) is 17.7 Å². The van der Waals surface area contributed by atoms with Gasteiger partial charge in [0.05, 0.1) is 6.61 Å². The van der Waals surface area contributed by atoms with Gasteiger partial charge in [-0.25, -0.2) is 0 Å². The van der Waals surface area contributed by atoms with Gasteiger partial charge in [0.1, 0.15) is 18.1 Å². The highest BCUT2D eigenvalue weighted by atomic mass is 16.5. The summed E-state index contributed by atoms with van der Waals surface area (Å²) in [6, 6.07) is 34.8. The van der Waals surface area contributed by atoms with E-state index in [1.807, 2.05) is 84.9 Å². The molecule has 0 saturated heterocycles. The van der Waals surface area contributed by atoms with Crippen LogP contribution < -0.4 is 14.8 Å². The molecule has 0 fully saturated rings. The van der Waals surface area contributed by atoms with Gasteiger partial charge in [-0.15, -0.1) is 0 Å². The van der Waals surface area contributed by atoms with Crippen LogP contribution in [0.2, 0.25) is 0 Å². The lowest BCUT2D eigenvalue weighted by Crippen LogP contribution is -2.12. The second-order valence-corrected chi connectivity index (χ2v) is 7.36. The minimum atomic E-state index is -0.184. The maximum absolute atomic E-state index is 12.7. The molecule has 0 aliphatic carbocycles. The van der Waals surface area contributed by atoms with Crippen LogP contribution in [0.1, 0.15) is 21.5 Å². The van der Waals surface area contributed by atoms with E-state index in [0.717, 1.165) is 17.7 Å². The molecule has 0 atom stereocenters. The SMILES string of the molecule is O=C(Nc1ccc(OCc2ccccc2)cc1)c1cccc(OCCc2ccccc2)c1. The second-order valence-electron chi connectivity index (χ2n) is 7.36. The number of amides is 1. The average molecular weight is 424 g/mol. The fraction of sp³-hybridized carbons (Fsp3) is 0.107. The number of carbonyl (C=O) groups is 1. The number of hydrogen-bond acceptors (Lipinski definition) is 3. The zero-order chi connectivity index (χ0) is 22.0. The van der Waals surface area contributed by atoms with Gasteiger partial charge in [0.25, 0.3) is 5.91 Å². The van der Waals surface area contributed by atoms with Crippen LogP contribution >= 0.6 is 0 Å². The molecule has 1 amide bonds. The van der Waals surface area contributed by atoms with Crippen LogP contribution in [0.5, 0.6) is 11.5 Å². The first-order valence-corrected chi connectivity index (χ1v) is 10.6. The summed E-state index contributed by atoms with van der Waals surface area (Å²) in [5.41, 5.74) is 3.58. The number of nitrogens with one attached hydrogen (secondary N) is 1. The van der Waals surface area contributed by atoms with Crippen molar-refractivity contribution < 1.29 is 14.3 Å². The Balaban J connectivity index is 1.29. The normalized spacial score (nSPS) is 10.4. The Morgan fingerprint density at radius 3 is 2.06 bits per heavy atom. The summed E-state index contributed by atoms with van der Waals surface area (Å²) in [7, 11) is 0. The maximum atomic E-state index is 12.7. The van der Waals surface area contributed by atoms with E-state index in [-0.39, 0.29) is 5.91 Å². The molecule has 0 radical (unpaired) electrons. The maximum Gasteiger partial charge on any atom is 0.255 e. The molecule has 4 aromatic rings. The lowest BCUT2D eigenvalue weighted by Gasteiger charge is -2.10. The highest BCUT2D eigenvalue weighted by molar-refractivity contribution is 6.04. The Morgan fingerprint density at radius 1 is 0.656 bits per heavy atom. The van der Waals surface area contributed by atoms with Crippen LogP contribution in [0.25, 0.3) is 0 Å². The van der Waals surface area contributed by atoms with E-state index in [9.17, 15) is 4.79 Å². The van der Waals surface area contributed by atoms with Crippen molar-refractivity contribution in [3.8, 4) is 11.5 Å². The fourth-order valence-electron chi connectivity index (χ4n) is 3.24. The van der Waals surface area contributed by atoms with Crippen molar-refractivity contribution in [2.24, 2.45) is 0 Å². The van der Waals surface area contributed by atoms with Crippen LogP contribution in [-0.2, 0) is 13.0 Å². The molecule has 160 valence electrons. The number of benzene rings is 4. The first kappa shape index (κ1) is 21.2. The molecule has 0 aromatic heterocycles. The molecule has 4 rings (SSSR count). The van der Waals surface area contributed by atoms with Gasteiger partial charge in [-0.05, 0) is 53.6 Å². The zero-order valence-electron chi connectivity index (χ0n) is 17.7. The summed E-state index contributed by atoms with van der Waals surface area (Å²) < 4.78 is 11.6. The van der Waals surface area contributed by atoms with Crippen molar-refractivity contribution >= 4 is 11.6 Å². The van der Waals surface area contributed by atoms with Crippen LogP contribution in [0, 0.1) is 0 Å². The quantitative estimate of drug-likeness (QED) is 0.352. The number of ether oxygens (including phenoxy) is 2. The first-order valence-electron chi connectivity index (χ1n) is 10.6. The van der Waals surface area contributed by atoms with Crippen LogP contribution in [0.3, 0.4) is 0 Å². The number of carbonyl (C=O) groups excluding carboxylic acids is 1. The summed E-state index contributed by atoms with van der Waals surface area (Å²) in [6.45, 7) is 1.06. The smallest absolute Gasteiger partial charge is 0.255 e. The van der Waals surface area contributed by atoms with Gasteiger partial charge in [-0.1, -0.05) is 66.7 Å². The molecule has 0 spiro atoms. The molecular weight excluding hydrogens is 398 g/mol. The minimum absolute atomic E-state index is 0.184. The second kappa shape index (κ2) is 10.8. The molecule has 1 N–H and O–H groups in total. The average Bonchev–Trinajstić information content (AvgIpc) is 2.85. The van der Waals surface area contributed by atoms with Gasteiger partial charge in [-0.3, -0.25) is 4.79 Å². The summed E-state index contributed by atoms with van der Waals surface area (Å²) in [4.78, 5) is 12.7. The number of rotatable bonds is 9. The van der Waals surface area contributed by atoms with Crippen molar-refractivity contribution in [3.05, 3.63) is 126 Å². The Labute approximate surface area is 188 Å². The number of hydrogen-bond donors (Lipinski definition) is 1. The first-order chi connectivity index (χ1) is 15.8. The third-order valence-electron chi connectivity index (χ3n) is 4.96. The van der Waals surface area contributed by atoms with Crippen molar-refractivity contribution in [1.82, 2.24) is 0 Å². The van der Waals surface area contributed by atoms with Gasteiger partial charge >= 0.3 is 0 Å². The van der Waals surface area contributed by atoms with Crippen molar-refractivity contribution in [2.45, 2.75) is 13.0 Å². The Morgan fingerprint density at radius 2 is 1.34 bits per heavy atom. The molecule has 0 aliphatic heterocycles. The molecule has 0 aliphatic rings. The molecule has 4 nitrogen and oxygen atoms in total. The summed E-state index contributed by atoms with van der Waals surface area (Å²) in [5, 5.41) is 2.92. The highest BCUT2D eigenvalue weighted by Crippen LogP contribution is 2.19. The minimum Gasteiger partial charge on any atom is -0.493 e. The lowest BCUT2D eigenvalue weighted by molar-refractivity contribution is 0.102. The monoisotopic (exact) mass is 423 g/mol. The predicted octanol–water partition coefficient (Wildman–Crippen LogP) is 6.14. The zero-order valence-corrected chi connectivity index (χ0v) is 17.7. The fourth-order valence-corrected chi connectivity index (χ4v) is 3.24. The van der Waals surface area contributed by atoms with Gasteiger partial charge in [0.15, 0.2) is 0 Å². The lowest BCUT2D eigenvalue weighted by atomic mass is 10.1. The largest absolute Gasteiger partial charge is 0.493 e. The molecule has 4 heteroatoms. The molecule has 0 unspecified atom stereocenters. The van der Waals surface area contributed by atoms with E-state index in [4.69, 9.17) is 9.47 Å². The van der Waals surface area contributed by atoms with E-state index in [1.54, 1.807) is 12.1 Å². The standard InChI is InChI=1S/C28H25NO3/c30-28(24-12-7-13-27(20-24)31-19-18-22-8-3-1-4-9-22)29-25-14-16-26(17-15-25)32-21-23-10-5-2-6-11-23/h1-17,20H,18-19,21H2,(H,29,30). The molecule has 4 aromatic carbocycles. The van der Waals surface area contributed by atoms with Crippen LogP contribution in [0.4, 0.5) is 5.69 Å². The van der Waals surface area contributed by atoms with E-state index in [2.05, 4.69) is 17.4 Å². The van der Waals surface area contributed by atoms with Crippen molar-refractivity contribution in [3.63, 3.8) is 0 Å². The molecular formula is C28H25NO3. The van der Waals surface area contributed by atoms with Gasteiger partial charge in [-0.2, -0.15) is 0 Å². The van der Waals surface area contributed by atoms with E-state index >= 15 is 0 Å². The molecule has 0 saturated carbocycles. The third-order valence-corrected chi connectivity index (χ3v) is 4.96. The summed E-state index contributed by atoms with van der Waals surface area (Å²) in [5.74, 6) is 1.25. The predicted molar refractivity (Wildman–Crippen MR) is 127 cm³/mol. The van der Waals surface area contributed by atoms with E-state index in [0.29, 0.717) is 30.2 Å². The molecule has 0 bridgehead atoms. The van der Waals surface area contributed by atoms with Crippen LogP contribution in [0.15, 0.2) is 109 Å². The van der Waals surface area contributed by atoms with E-state index < -0.39 is 0 Å². The molecule has 32 heavy (non-hydrogen) atoms. The Hall–Kier alpha value is -4.05. The summed E-state index contributed by atoms with van der Waals surface area (Å²) in [6.07, 6.45) is 0.815. The molecule has 0 heterocycles. The number of anilines is 1. The van der Waals surface area contributed by atoms with Crippen molar-refractivity contribution in [1.29, 1.82) is 0 Å². The van der Waals surface area contributed by atoms with Gasteiger partial charge in [0.2, 0.25) is 0 Å². The van der Waals surface area contributed by atoms with Gasteiger partial charge < -0.3 is 14.8 Å². The third kappa shape index (κ3) is 6.22. The van der Waals surface area contributed by atoms with Crippen molar-refractivity contribution in [2.75, 3.05) is 11.9 Å². The highest BCUT2D eigenvalue weighted by Gasteiger charge is 2.08. The van der Waals surface area contributed by atoms with Crippen LogP contribution in [-0.4, -0.2) is 12.5 Å². The van der Waals surface area contributed by atoms with E-state index in [1.165, 1.54) is 5.56 Å². The Bertz CT molecular complexity index is 1130.